The van der Waals surface area contributed by atoms with Gasteiger partial charge in [0, 0.05) is 37.5 Å². The molecule has 8 atom stereocenters. The van der Waals surface area contributed by atoms with E-state index >= 15 is 0 Å². The van der Waals surface area contributed by atoms with E-state index in [-0.39, 0.29) is 18.8 Å². The molecule has 3 rings (SSSR count). The number of benzene rings is 1. The number of fused-ring (bicyclic) bond motifs is 1. The Morgan fingerprint density at radius 2 is 1.59 bits per heavy atom. The van der Waals surface area contributed by atoms with Gasteiger partial charge in [-0.25, -0.2) is 4.79 Å². The molecule has 0 heterocycles. The molecule has 1 aromatic rings. The predicted molar refractivity (Wildman–Crippen MR) is 145 cm³/mol. The molecule has 2 aliphatic carbocycles. The number of aliphatic hydroxyl groups is 2. The topological polar surface area (TPSA) is 119 Å². The molecule has 0 unspecified atom stereocenters. The van der Waals surface area contributed by atoms with Crippen molar-refractivity contribution in [3.63, 3.8) is 0 Å². The molecular formula is C31H42O8. The van der Waals surface area contributed by atoms with E-state index < -0.39 is 65.2 Å². The predicted octanol–water partition coefficient (Wildman–Crippen LogP) is 4.39. The molecule has 214 valence electrons. The van der Waals surface area contributed by atoms with Gasteiger partial charge < -0.3 is 24.4 Å². The van der Waals surface area contributed by atoms with Crippen molar-refractivity contribution in [3.05, 3.63) is 59.7 Å². The van der Waals surface area contributed by atoms with Crippen LogP contribution in [0.2, 0.25) is 0 Å². The Morgan fingerprint density at radius 3 is 2.18 bits per heavy atom. The van der Waals surface area contributed by atoms with Gasteiger partial charge in [-0.2, -0.15) is 0 Å². The molecule has 8 nitrogen and oxygen atoms in total. The van der Waals surface area contributed by atoms with Gasteiger partial charge in [0.15, 0.2) is 0 Å². The van der Waals surface area contributed by atoms with E-state index in [2.05, 4.69) is 0 Å². The summed E-state index contributed by atoms with van der Waals surface area (Å²) in [6.45, 7) is 11.8. The molecular weight excluding hydrogens is 500 g/mol. The molecule has 0 bridgehead atoms. The van der Waals surface area contributed by atoms with E-state index in [4.69, 9.17) is 14.2 Å². The first kappa shape index (κ1) is 30.6. The Kier molecular flexibility index (Phi) is 9.44. The lowest BCUT2D eigenvalue weighted by Gasteiger charge is -2.40. The summed E-state index contributed by atoms with van der Waals surface area (Å²) < 4.78 is 17.4. The van der Waals surface area contributed by atoms with Gasteiger partial charge in [-0.05, 0) is 37.0 Å². The second-order valence-corrected chi connectivity index (χ2v) is 11.8. The zero-order valence-electron chi connectivity index (χ0n) is 23.9. The Balaban J connectivity index is 2.16. The molecule has 0 amide bonds. The van der Waals surface area contributed by atoms with Crippen LogP contribution in [0.3, 0.4) is 0 Å². The van der Waals surface area contributed by atoms with E-state index in [1.807, 2.05) is 39.8 Å². The third-order valence-corrected chi connectivity index (χ3v) is 8.04. The normalized spacial score (nSPS) is 36.6. The maximum absolute atomic E-state index is 13.1. The number of ether oxygens (including phenoxy) is 3. The number of carbonyl (C=O) groups excluding carboxylic acids is 3. The van der Waals surface area contributed by atoms with Gasteiger partial charge in [0.05, 0.1) is 11.7 Å². The third kappa shape index (κ3) is 6.97. The average molecular weight is 543 g/mol. The number of hydrogen-bond donors (Lipinski definition) is 2. The van der Waals surface area contributed by atoms with Crippen molar-refractivity contribution in [2.75, 3.05) is 0 Å². The van der Waals surface area contributed by atoms with Crippen molar-refractivity contribution >= 4 is 17.9 Å². The number of aliphatic hydroxyl groups excluding tert-OH is 1. The largest absolute Gasteiger partial charge is 0.459 e. The fourth-order valence-electron chi connectivity index (χ4n) is 5.79. The summed E-state index contributed by atoms with van der Waals surface area (Å²) >= 11 is 0. The number of hydrogen-bond acceptors (Lipinski definition) is 8. The number of rotatable bonds is 4. The maximum atomic E-state index is 13.1. The molecule has 2 aliphatic rings. The number of carbonyl (C=O) groups is 3. The first-order valence-electron chi connectivity index (χ1n) is 13.5. The molecule has 1 fully saturated rings. The average Bonchev–Trinajstić information content (AvgIpc) is 3.09. The Labute approximate surface area is 231 Å². The van der Waals surface area contributed by atoms with Gasteiger partial charge in [-0.15, -0.1) is 0 Å². The van der Waals surface area contributed by atoms with Crippen LogP contribution in [0, 0.1) is 23.2 Å². The van der Waals surface area contributed by atoms with Gasteiger partial charge in [-0.3, -0.25) is 9.59 Å². The first-order valence-corrected chi connectivity index (χ1v) is 13.5. The molecule has 0 radical (unpaired) electrons. The number of esters is 3. The summed E-state index contributed by atoms with van der Waals surface area (Å²) in [5.74, 6) is -3.09. The highest BCUT2D eigenvalue weighted by Crippen LogP contribution is 2.48. The van der Waals surface area contributed by atoms with Gasteiger partial charge in [-0.1, -0.05) is 64.1 Å². The lowest BCUT2D eigenvalue weighted by atomic mass is 9.75. The van der Waals surface area contributed by atoms with Crippen LogP contribution in [0.25, 0.3) is 0 Å². The van der Waals surface area contributed by atoms with Crippen LogP contribution in [0.4, 0.5) is 0 Å². The van der Waals surface area contributed by atoms with Crippen LogP contribution in [0.1, 0.15) is 71.7 Å². The lowest BCUT2D eigenvalue weighted by Crippen LogP contribution is -2.52. The van der Waals surface area contributed by atoms with Crippen LogP contribution >= 0.6 is 0 Å². The van der Waals surface area contributed by atoms with E-state index in [0.29, 0.717) is 11.1 Å². The van der Waals surface area contributed by atoms with Crippen molar-refractivity contribution in [1.82, 2.24) is 0 Å². The van der Waals surface area contributed by atoms with Gasteiger partial charge in [0.25, 0.3) is 0 Å². The van der Waals surface area contributed by atoms with E-state index in [1.165, 1.54) is 13.8 Å². The van der Waals surface area contributed by atoms with Crippen LogP contribution in [0.5, 0.6) is 0 Å². The minimum absolute atomic E-state index is 0.135. The minimum Gasteiger partial charge on any atom is -0.459 e. The first-order chi connectivity index (χ1) is 18.2. The summed E-state index contributed by atoms with van der Waals surface area (Å²) in [7, 11) is 0. The summed E-state index contributed by atoms with van der Waals surface area (Å²) in [6, 6.07) is 8.60. The molecule has 0 aromatic heterocycles. The van der Waals surface area contributed by atoms with Gasteiger partial charge in [0.1, 0.15) is 23.9 Å². The molecule has 0 spiro atoms. The van der Waals surface area contributed by atoms with Crippen molar-refractivity contribution in [2.45, 2.75) is 91.3 Å². The summed E-state index contributed by atoms with van der Waals surface area (Å²) in [6.07, 6.45) is 2.40. The van der Waals surface area contributed by atoms with Crippen LogP contribution in [-0.2, 0) is 23.8 Å². The van der Waals surface area contributed by atoms with Gasteiger partial charge >= 0.3 is 17.9 Å². The molecule has 39 heavy (non-hydrogen) atoms. The highest BCUT2D eigenvalue weighted by Gasteiger charge is 2.58. The van der Waals surface area contributed by atoms with Gasteiger partial charge in [0.2, 0.25) is 0 Å². The fraction of sp³-hybridized carbons (Fsp3) is 0.581. The summed E-state index contributed by atoms with van der Waals surface area (Å²) in [4.78, 5) is 37.4. The lowest BCUT2D eigenvalue weighted by molar-refractivity contribution is -0.173. The minimum atomic E-state index is -1.60. The molecule has 0 aliphatic heterocycles. The maximum Gasteiger partial charge on any atom is 0.338 e. The molecule has 1 aromatic carbocycles. The second kappa shape index (κ2) is 12.0. The van der Waals surface area contributed by atoms with Crippen LogP contribution in [-0.4, -0.2) is 58.1 Å². The van der Waals surface area contributed by atoms with Crippen LogP contribution in [0.15, 0.2) is 54.1 Å². The van der Waals surface area contributed by atoms with Crippen molar-refractivity contribution in [1.29, 1.82) is 0 Å². The fourth-order valence-corrected chi connectivity index (χ4v) is 5.79. The quantitative estimate of drug-likeness (QED) is 0.327. The summed E-state index contributed by atoms with van der Waals surface area (Å²) in [5, 5.41) is 23.5. The smallest absolute Gasteiger partial charge is 0.338 e. The van der Waals surface area contributed by atoms with Crippen molar-refractivity contribution in [2.24, 2.45) is 23.2 Å². The van der Waals surface area contributed by atoms with E-state index in [9.17, 15) is 24.6 Å². The van der Waals surface area contributed by atoms with E-state index in [0.717, 1.165) is 0 Å². The Bertz CT molecular complexity index is 1110. The van der Waals surface area contributed by atoms with Crippen molar-refractivity contribution in [3.8, 4) is 0 Å². The molecule has 8 heteroatoms. The molecule has 0 saturated heterocycles. The Morgan fingerprint density at radius 1 is 0.974 bits per heavy atom. The summed E-state index contributed by atoms with van der Waals surface area (Å²) in [5.41, 5.74) is -1.33. The van der Waals surface area contributed by atoms with Crippen LogP contribution < -0.4 is 0 Å². The van der Waals surface area contributed by atoms with E-state index in [1.54, 1.807) is 43.3 Å². The second-order valence-electron chi connectivity index (χ2n) is 11.8. The zero-order valence-corrected chi connectivity index (χ0v) is 23.9. The highest BCUT2D eigenvalue weighted by atomic mass is 16.6. The highest BCUT2D eigenvalue weighted by molar-refractivity contribution is 5.89. The van der Waals surface area contributed by atoms with Crippen molar-refractivity contribution < 1.29 is 38.8 Å². The molecule has 2 N–H and O–H groups in total. The Hall–Kier alpha value is -2.97. The zero-order chi connectivity index (χ0) is 29.1. The standard InChI is InChI=1S/C31H42O8/c1-18-13-14-30(6,7)26(34)16-25(37-21(4)32)19(2)15-24-27(39-29(35)23-11-9-8-10-12-23)20(3)17-31(24,36)28(18)38-22(5)33/h8-15,18,20,24-28,34,36H,16-17H2,1-7H3/b14-13+,19-15-/t18-,20-,24-,25+,26+,27-,28-,31+/m0/s1. The monoisotopic (exact) mass is 542 g/mol. The molecule has 1 saturated carbocycles. The SMILES string of the molecule is CC(=O)O[C@@H]1C[C@@H](O)C(C)(C)/C=C/[C@H](C)[C@H](OC(C)=O)[C@@]2(O)C[C@H](C)[C@H](OC(=O)c3ccccc3)[C@@H]2/C=C\1C. The third-order valence-electron chi connectivity index (χ3n) is 8.04.